The van der Waals surface area contributed by atoms with E-state index < -0.39 is 28.4 Å². The van der Waals surface area contributed by atoms with Crippen LogP contribution in [-0.2, 0) is 6.54 Å². The molecular weight excluding hydrogens is 286 g/mol. The average Bonchev–Trinajstić information content (AvgIpc) is 2.80. The lowest BCUT2D eigenvalue weighted by molar-refractivity contribution is 0.383. The summed E-state index contributed by atoms with van der Waals surface area (Å²) < 4.78 is 53.8. The summed E-state index contributed by atoms with van der Waals surface area (Å²) in [5.74, 6) is -6.66. The third-order valence-electron chi connectivity index (χ3n) is 1.95. The molecule has 0 bridgehead atoms. The Morgan fingerprint density at radius 3 is 2.37 bits per heavy atom. The van der Waals surface area contributed by atoms with E-state index in [1.54, 1.807) is 0 Å². The first-order valence-electron chi connectivity index (χ1n) is 4.79. The second kappa shape index (κ2) is 5.34. The number of hydrogen-bond acceptors (Lipinski definition) is 5. The largest absolute Gasteiger partial charge is 0.252 e. The molecule has 0 aromatic carbocycles. The van der Waals surface area contributed by atoms with Gasteiger partial charge in [0, 0.05) is 0 Å². The van der Waals surface area contributed by atoms with Gasteiger partial charge in [-0.25, -0.2) is 13.5 Å². The van der Waals surface area contributed by atoms with Crippen LogP contribution in [0.3, 0.4) is 0 Å². The van der Waals surface area contributed by atoms with Gasteiger partial charge in [0.2, 0.25) is 5.16 Å². The highest BCUT2D eigenvalue weighted by Gasteiger charge is 2.23. The van der Waals surface area contributed by atoms with E-state index in [1.807, 2.05) is 0 Å². The van der Waals surface area contributed by atoms with E-state index in [-0.39, 0.29) is 11.7 Å². The van der Waals surface area contributed by atoms with E-state index in [0.717, 1.165) is 4.68 Å². The molecule has 0 N–H and O–H groups in total. The Balaban J connectivity index is 2.43. The number of pyridine rings is 1. The van der Waals surface area contributed by atoms with E-state index in [4.69, 9.17) is 0 Å². The van der Waals surface area contributed by atoms with Crippen LogP contribution in [0.2, 0.25) is 0 Å². The fourth-order valence-electron chi connectivity index (χ4n) is 1.16. The zero-order chi connectivity index (χ0) is 14.0. The molecule has 0 amide bonds. The quantitative estimate of drug-likeness (QED) is 0.489. The lowest BCUT2D eigenvalue weighted by Crippen LogP contribution is -2.04. The smallest absolute Gasteiger partial charge is 0.216 e. The zero-order valence-corrected chi connectivity index (χ0v) is 9.96. The van der Waals surface area contributed by atoms with Gasteiger partial charge in [0.1, 0.15) is 0 Å². The van der Waals surface area contributed by atoms with Crippen LogP contribution in [0, 0.1) is 23.5 Å². The average molecular weight is 291 g/mol. The predicted octanol–water partition coefficient (Wildman–Crippen LogP) is 1.96. The van der Waals surface area contributed by atoms with E-state index in [1.165, 1.54) is 6.08 Å². The monoisotopic (exact) mass is 291 g/mol. The fraction of sp³-hybridized carbons (Fsp3) is 0.111. The molecule has 0 saturated carbocycles. The van der Waals surface area contributed by atoms with Crippen molar-refractivity contribution in [1.82, 2.24) is 25.2 Å². The molecule has 2 heterocycles. The van der Waals surface area contributed by atoms with Crippen molar-refractivity contribution < 1.29 is 17.6 Å². The van der Waals surface area contributed by atoms with Crippen molar-refractivity contribution in [1.29, 1.82) is 0 Å². The molecule has 0 aliphatic rings. The molecule has 0 saturated heterocycles. The summed E-state index contributed by atoms with van der Waals surface area (Å²) in [6.45, 7) is 3.62. The summed E-state index contributed by atoms with van der Waals surface area (Å²) in [6, 6.07) is 0. The standard InChI is InChI=1S/C9H5F4N5S/c1-2-3-18-9(15-16-17-18)19-6-4(10)7(12)14-8(13)5(6)11/h2H,1,3H2. The van der Waals surface area contributed by atoms with Crippen LogP contribution >= 0.6 is 11.8 Å². The van der Waals surface area contributed by atoms with Gasteiger partial charge in [-0.05, 0) is 22.2 Å². The maximum Gasteiger partial charge on any atom is 0.252 e. The molecule has 2 aromatic heterocycles. The summed E-state index contributed by atoms with van der Waals surface area (Å²) in [6.07, 6.45) is 1.45. The number of halogens is 4. The van der Waals surface area contributed by atoms with Crippen molar-refractivity contribution in [2.45, 2.75) is 16.6 Å². The zero-order valence-electron chi connectivity index (χ0n) is 9.15. The number of hydrogen-bond donors (Lipinski definition) is 0. The minimum absolute atomic E-state index is 0.0392. The third kappa shape index (κ3) is 2.57. The molecule has 0 radical (unpaired) electrons. The summed E-state index contributed by atoms with van der Waals surface area (Å²) in [4.78, 5) is 1.55. The molecule has 0 aliphatic carbocycles. The number of tetrazole rings is 1. The number of rotatable bonds is 4. The lowest BCUT2D eigenvalue weighted by atomic mass is 10.4. The molecule has 100 valence electrons. The predicted molar refractivity (Wildman–Crippen MR) is 56.2 cm³/mol. The maximum atomic E-state index is 13.4. The van der Waals surface area contributed by atoms with Crippen molar-refractivity contribution in [3.8, 4) is 0 Å². The molecule has 2 rings (SSSR count). The minimum Gasteiger partial charge on any atom is -0.216 e. The summed E-state index contributed by atoms with van der Waals surface area (Å²) in [5, 5.41) is 10.3. The Hall–Kier alpha value is -1.97. The topological polar surface area (TPSA) is 56.5 Å². The van der Waals surface area contributed by atoms with Crippen LogP contribution in [0.1, 0.15) is 0 Å². The highest BCUT2D eigenvalue weighted by molar-refractivity contribution is 7.99. The number of nitrogens with zero attached hydrogens (tertiary/aromatic N) is 5. The molecule has 0 aliphatic heterocycles. The normalized spacial score (nSPS) is 10.7. The molecule has 0 atom stereocenters. The van der Waals surface area contributed by atoms with Crippen molar-refractivity contribution in [2.75, 3.05) is 0 Å². The van der Waals surface area contributed by atoms with Gasteiger partial charge in [-0.3, -0.25) is 0 Å². The Bertz CT molecular complexity index is 603. The van der Waals surface area contributed by atoms with Gasteiger partial charge >= 0.3 is 0 Å². The maximum absolute atomic E-state index is 13.4. The van der Waals surface area contributed by atoms with E-state index >= 15 is 0 Å². The van der Waals surface area contributed by atoms with Crippen LogP contribution in [0.4, 0.5) is 17.6 Å². The van der Waals surface area contributed by atoms with Crippen molar-refractivity contribution in [3.05, 3.63) is 36.2 Å². The van der Waals surface area contributed by atoms with E-state index in [9.17, 15) is 17.6 Å². The molecular formula is C9H5F4N5S. The first kappa shape index (κ1) is 13.5. The van der Waals surface area contributed by atoms with Crippen LogP contribution in [0.25, 0.3) is 0 Å². The minimum atomic E-state index is -1.73. The number of allylic oxidation sites excluding steroid dienone is 1. The first-order valence-corrected chi connectivity index (χ1v) is 5.61. The second-order valence-corrected chi connectivity index (χ2v) is 4.16. The van der Waals surface area contributed by atoms with Crippen molar-refractivity contribution in [2.24, 2.45) is 0 Å². The summed E-state index contributed by atoms with van der Waals surface area (Å²) in [7, 11) is 0. The van der Waals surface area contributed by atoms with Gasteiger partial charge < -0.3 is 0 Å². The van der Waals surface area contributed by atoms with Gasteiger partial charge in [-0.2, -0.15) is 13.8 Å². The highest BCUT2D eigenvalue weighted by Crippen LogP contribution is 2.31. The van der Waals surface area contributed by atoms with Gasteiger partial charge in [0.15, 0.2) is 11.6 Å². The Morgan fingerprint density at radius 2 is 1.79 bits per heavy atom. The Morgan fingerprint density at radius 1 is 1.16 bits per heavy atom. The van der Waals surface area contributed by atoms with E-state index in [0.29, 0.717) is 11.8 Å². The van der Waals surface area contributed by atoms with Gasteiger partial charge in [0.25, 0.3) is 11.9 Å². The second-order valence-electron chi connectivity index (χ2n) is 3.18. The SMILES string of the molecule is C=CCn1nnnc1Sc1c(F)c(F)nc(F)c1F. The Labute approximate surface area is 108 Å². The molecule has 10 heteroatoms. The molecule has 0 spiro atoms. The van der Waals surface area contributed by atoms with Crippen LogP contribution in [0.15, 0.2) is 22.7 Å². The molecule has 5 nitrogen and oxygen atoms in total. The third-order valence-corrected chi connectivity index (χ3v) is 2.99. The first-order chi connectivity index (χ1) is 9.04. The van der Waals surface area contributed by atoms with Gasteiger partial charge in [-0.15, -0.1) is 11.7 Å². The highest BCUT2D eigenvalue weighted by atomic mass is 32.2. The van der Waals surface area contributed by atoms with Crippen molar-refractivity contribution in [3.63, 3.8) is 0 Å². The Kier molecular flexibility index (Phi) is 3.79. The molecule has 0 fully saturated rings. The number of aromatic nitrogens is 5. The van der Waals surface area contributed by atoms with Gasteiger partial charge in [-0.1, -0.05) is 6.08 Å². The summed E-state index contributed by atoms with van der Waals surface area (Å²) in [5.41, 5.74) is 0. The summed E-state index contributed by atoms with van der Waals surface area (Å²) >= 11 is 0.351. The molecule has 19 heavy (non-hydrogen) atoms. The fourth-order valence-corrected chi connectivity index (χ4v) is 1.98. The van der Waals surface area contributed by atoms with Crippen LogP contribution in [-0.4, -0.2) is 25.2 Å². The van der Waals surface area contributed by atoms with Crippen LogP contribution < -0.4 is 0 Å². The molecule has 2 aromatic rings. The van der Waals surface area contributed by atoms with Crippen LogP contribution in [0.5, 0.6) is 0 Å². The lowest BCUT2D eigenvalue weighted by Gasteiger charge is -2.05. The van der Waals surface area contributed by atoms with Gasteiger partial charge in [0.05, 0.1) is 11.4 Å². The molecule has 0 unspecified atom stereocenters. The van der Waals surface area contributed by atoms with Crippen molar-refractivity contribution >= 4 is 11.8 Å². The van der Waals surface area contributed by atoms with E-state index in [2.05, 4.69) is 27.1 Å².